The smallest absolute Gasteiger partial charge is 0.163 e. The summed E-state index contributed by atoms with van der Waals surface area (Å²) in [5.74, 6) is 1.57. The summed E-state index contributed by atoms with van der Waals surface area (Å²) in [5.41, 5.74) is 5.48. The lowest BCUT2D eigenvalue weighted by atomic mass is 10.1. The summed E-state index contributed by atoms with van der Waals surface area (Å²) < 4.78 is 0. The van der Waals surface area contributed by atoms with Crippen molar-refractivity contribution in [3.63, 3.8) is 0 Å². The van der Waals surface area contributed by atoms with Crippen molar-refractivity contribution in [2.45, 2.75) is 27.3 Å². The van der Waals surface area contributed by atoms with E-state index < -0.39 is 0 Å². The lowest BCUT2D eigenvalue weighted by Crippen LogP contribution is -2.07. The zero-order chi connectivity index (χ0) is 16.2. The number of anilines is 1. The van der Waals surface area contributed by atoms with Crippen LogP contribution in [0.1, 0.15) is 22.4 Å². The van der Waals surface area contributed by atoms with Crippen LogP contribution in [0.3, 0.4) is 0 Å². The highest BCUT2D eigenvalue weighted by Crippen LogP contribution is 2.21. The summed E-state index contributed by atoms with van der Waals surface area (Å²) in [7, 11) is 0. The molecule has 0 spiro atoms. The maximum atomic E-state index is 4.68. The minimum atomic E-state index is 0.702. The Morgan fingerprint density at radius 3 is 2.61 bits per heavy atom. The van der Waals surface area contributed by atoms with Crippen molar-refractivity contribution in [1.82, 2.24) is 15.0 Å². The van der Waals surface area contributed by atoms with E-state index in [-0.39, 0.29) is 0 Å². The standard InChI is InChI=1S/C19H20N4/c1-13-6-4-7-16(10-13)11-21-18-14(2)15(3)22-19(23-18)17-8-5-9-20-12-17/h4-10,12H,11H2,1-3H3,(H,21,22,23). The van der Waals surface area contributed by atoms with Gasteiger partial charge in [0.1, 0.15) is 5.82 Å². The molecule has 0 aliphatic heterocycles. The monoisotopic (exact) mass is 304 g/mol. The lowest BCUT2D eigenvalue weighted by molar-refractivity contribution is 1.03. The van der Waals surface area contributed by atoms with E-state index in [4.69, 9.17) is 0 Å². The fourth-order valence-electron chi connectivity index (χ4n) is 2.43. The van der Waals surface area contributed by atoms with Gasteiger partial charge in [0.2, 0.25) is 0 Å². The van der Waals surface area contributed by atoms with Crippen LogP contribution in [0.2, 0.25) is 0 Å². The number of hydrogen-bond acceptors (Lipinski definition) is 4. The zero-order valence-corrected chi connectivity index (χ0v) is 13.7. The predicted octanol–water partition coefficient (Wildman–Crippen LogP) is 4.08. The van der Waals surface area contributed by atoms with Crippen molar-refractivity contribution in [3.8, 4) is 11.4 Å². The van der Waals surface area contributed by atoms with Gasteiger partial charge in [0.05, 0.1) is 0 Å². The average Bonchev–Trinajstić information content (AvgIpc) is 2.57. The molecule has 116 valence electrons. The molecule has 4 heteroatoms. The molecule has 0 radical (unpaired) electrons. The highest BCUT2D eigenvalue weighted by molar-refractivity contribution is 5.58. The quantitative estimate of drug-likeness (QED) is 0.789. The van der Waals surface area contributed by atoms with Crippen LogP contribution in [-0.4, -0.2) is 15.0 Å². The SMILES string of the molecule is Cc1cccc(CNc2nc(-c3cccnc3)nc(C)c2C)c1. The summed E-state index contributed by atoms with van der Waals surface area (Å²) in [4.78, 5) is 13.4. The summed E-state index contributed by atoms with van der Waals surface area (Å²) >= 11 is 0. The third-order valence-electron chi connectivity index (χ3n) is 3.85. The molecule has 1 aromatic carbocycles. The molecule has 0 aliphatic rings. The van der Waals surface area contributed by atoms with Gasteiger partial charge in [0.25, 0.3) is 0 Å². The number of pyridine rings is 1. The van der Waals surface area contributed by atoms with Gasteiger partial charge in [-0.1, -0.05) is 29.8 Å². The van der Waals surface area contributed by atoms with E-state index in [9.17, 15) is 0 Å². The molecule has 3 rings (SSSR count). The van der Waals surface area contributed by atoms with Crippen LogP contribution in [0, 0.1) is 20.8 Å². The van der Waals surface area contributed by atoms with Crippen molar-refractivity contribution >= 4 is 5.82 Å². The second-order valence-corrected chi connectivity index (χ2v) is 5.69. The average molecular weight is 304 g/mol. The lowest BCUT2D eigenvalue weighted by Gasteiger charge is -2.12. The first-order valence-corrected chi connectivity index (χ1v) is 7.68. The van der Waals surface area contributed by atoms with Gasteiger partial charge in [-0.25, -0.2) is 9.97 Å². The van der Waals surface area contributed by atoms with E-state index >= 15 is 0 Å². The minimum absolute atomic E-state index is 0.702. The Labute approximate surface area is 136 Å². The van der Waals surface area contributed by atoms with Gasteiger partial charge in [-0.05, 0) is 38.5 Å². The third kappa shape index (κ3) is 3.54. The maximum absolute atomic E-state index is 4.68. The molecular weight excluding hydrogens is 284 g/mol. The number of nitrogens with zero attached hydrogens (tertiary/aromatic N) is 3. The van der Waals surface area contributed by atoms with Crippen molar-refractivity contribution in [2.75, 3.05) is 5.32 Å². The normalized spacial score (nSPS) is 10.6. The molecular formula is C19H20N4. The van der Waals surface area contributed by atoms with Crippen LogP contribution in [0.4, 0.5) is 5.82 Å². The van der Waals surface area contributed by atoms with E-state index in [1.807, 2.05) is 26.0 Å². The number of benzene rings is 1. The molecule has 0 fully saturated rings. The van der Waals surface area contributed by atoms with E-state index in [0.29, 0.717) is 5.82 Å². The third-order valence-corrected chi connectivity index (χ3v) is 3.85. The number of rotatable bonds is 4. The molecule has 4 nitrogen and oxygen atoms in total. The number of nitrogens with one attached hydrogen (secondary N) is 1. The Morgan fingerprint density at radius 2 is 1.87 bits per heavy atom. The molecule has 0 atom stereocenters. The highest BCUT2D eigenvalue weighted by Gasteiger charge is 2.09. The van der Waals surface area contributed by atoms with Crippen LogP contribution >= 0.6 is 0 Å². The second kappa shape index (κ2) is 6.57. The van der Waals surface area contributed by atoms with E-state index in [1.165, 1.54) is 11.1 Å². The van der Waals surface area contributed by atoms with Gasteiger partial charge < -0.3 is 5.32 Å². The predicted molar refractivity (Wildman–Crippen MR) is 93.2 cm³/mol. The summed E-state index contributed by atoms with van der Waals surface area (Å²) in [6.07, 6.45) is 3.54. The zero-order valence-electron chi connectivity index (χ0n) is 13.7. The van der Waals surface area contributed by atoms with Crippen LogP contribution in [0.5, 0.6) is 0 Å². The Kier molecular flexibility index (Phi) is 4.33. The molecule has 0 amide bonds. The molecule has 0 saturated carbocycles. The summed E-state index contributed by atoms with van der Waals surface area (Å²) in [5, 5.41) is 3.44. The first kappa shape index (κ1) is 15.2. The second-order valence-electron chi connectivity index (χ2n) is 5.69. The van der Waals surface area contributed by atoms with Gasteiger partial charge >= 0.3 is 0 Å². The molecule has 1 N–H and O–H groups in total. The Morgan fingerprint density at radius 1 is 1.00 bits per heavy atom. The van der Waals surface area contributed by atoms with Crippen LogP contribution < -0.4 is 5.32 Å². The van der Waals surface area contributed by atoms with Gasteiger partial charge in [0.15, 0.2) is 5.82 Å². The van der Waals surface area contributed by atoms with Crippen LogP contribution in [-0.2, 0) is 6.54 Å². The molecule has 2 heterocycles. The van der Waals surface area contributed by atoms with Crippen molar-refractivity contribution < 1.29 is 0 Å². The highest BCUT2D eigenvalue weighted by atomic mass is 15.0. The Hall–Kier alpha value is -2.75. The fraction of sp³-hybridized carbons (Fsp3) is 0.211. The summed E-state index contributed by atoms with van der Waals surface area (Å²) in [6, 6.07) is 12.3. The fourth-order valence-corrected chi connectivity index (χ4v) is 2.43. The number of aromatic nitrogens is 3. The molecule has 23 heavy (non-hydrogen) atoms. The first-order valence-electron chi connectivity index (χ1n) is 7.68. The van der Waals surface area contributed by atoms with Crippen LogP contribution in [0.25, 0.3) is 11.4 Å². The Bertz CT molecular complexity index is 813. The molecule has 0 aliphatic carbocycles. The minimum Gasteiger partial charge on any atom is -0.366 e. The van der Waals surface area contributed by atoms with Crippen molar-refractivity contribution in [3.05, 3.63) is 71.2 Å². The summed E-state index contributed by atoms with van der Waals surface area (Å²) in [6.45, 7) is 6.89. The van der Waals surface area contributed by atoms with Crippen molar-refractivity contribution in [2.24, 2.45) is 0 Å². The first-order chi connectivity index (χ1) is 11.1. The molecule has 3 aromatic rings. The topological polar surface area (TPSA) is 50.7 Å². The number of hydrogen-bond donors (Lipinski definition) is 1. The number of aryl methyl sites for hydroxylation is 2. The van der Waals surface area contributed by atoms with Gasteiger partial charge in [-0.3, -0.25) is 4.98 Å². The van der Waals surface area contributed by atoms with Gasteiger partial charge in [-0.2, -0.15) is 0 Å². The largest absolute Gasteiger partial charge is 0.366 e. The maximum Gasteiger partial charge on any atom is 0.163 e. The molecule has 0 unspecified atom stereocenters. The molecule has 2 aromatic heterocycles. The van der Waals surface area contributed by atoms with E-state index in [1.54, 1.807) is 12.4 Å². The molecule has 0 bridgehead atoms. The van der Waals surface area contributed by atoms with Crippen molar-refractivity contribution in [1.29, 1.82) is 0 Å². The van der Waals surface area contributed by atoms with E-state index in [2.05, 4.69) is 51.5 Å². The van der Waals surface area contributed by atoms with E-state index in [0.717, 1.165) is 29.2 Å². The van der Waals surface area contributed by atoms with Gasteiger partial charge in [-0.15, -0.1) is 0 Å². The Balaban J connectivity index is 1.88. The van der Waals surface area contributed by atoms with Crippen LogP contribution in [0.15, 0.2) is 48.8 Å². The molecule has 0 saturated heterocycles. The van der Waals surface area contributed by atoms with Gasteiger partial charge in [0, 0.05) is 35.8 Å².